The highest BCUT2D eigenvalue weighted by Crippen LogP contribution is 2.33. The van der Waals surface area contributed by atoms with E-state index >= 15 is 0 Å². The Hall–Kier alpha value is -1.51. The Bertz CT molecular complexity index is 574. The van der Waals surface area contributed by atoms with Crippen LogP contribution in [0.15, 0.2) is 16.6 Å². The number of nitrogens with two attached hydrogens (primary N) is 1. The molecule has 7 nitrogen and oxygen atoms in total. The van der Waals surface area contributed by atoms with Crippen molar-refractivity contribution in [1.29, 1.82) is 0 Å². The molecule has 0 fully saturated rings. The molecule has 0 bridgehead atoms. The molecular formula is C11H10BrCl2N3O4. The fourth-order valence-corrected chi connectivity index (χ4v) is 2.67. The topological polar surface area (TPSA) is 122 Å². The van der Waals surface area contributed by atoms with Gasteiger partial charge in [-0.3, -0.25) is 4.79 Å². The first-order chi connectivity index (χ1) is 9.70. The van der Waals surface area contributed by atoms with Gasteiger partial charge in [-0.25, -0.2) is 9.59 Å². The SMILES string of the molecule is NC(=O)C[C@@H](NC(=O)Nc1c(Cl)cc(Br)cc1Cl)C(=O)O. The van der Waals surface area contributed by atoms with Crippen molar-refractivity contribution in [3.8, 4) is 0 Å². The van der Waals surface area contributed by atoms with Gasteiger partial charge in [0.25, 0.3) is 0 Å². The van der Waals surface area contributed by atoms with E-state index < -0.39 is 30.4 Å². The lowest BCUT2D eigenvalue weighted by atomic mass is 10.2. The number of rotatable bonds is 5. The lowest BCUT2D eigenvalue weighted by Gasteiger charge is -2.15. The van der Waals surface area contributed by atoms with Crippen molar-refractivity contribution in [1.82, 2.24) is 5.32 Å². The maximum atomic E-state index is 11.7. The first kappa shape index (κ1) is 17.5. The third-order valence-corrected chi connectivity index (χ3v) is 3.31. The molecule has 1 aromatic rings. The zero-order chi connectivity index (χ0) is 16.2. The second-order valence-electron chi connectivity index (χ2n) is 3.90. The van der Waals surface area contributed by atoms with Gasteiger partial charge in [-0.15, -0.1) is 0 Å². The summed E-state index contributed by atoms with van der Waals surface area (Å²) in [6.45, 7) is 0. The summed E-state index contributed by atoms with van der Waals surface area (Å²) < 4.78 is 0.612. The average Bonchev–Trinajstić information content (AvgIpc) is 2.32. The number of aliphatic carboxylic acids is 1. The van der Waals surface area contributed by atoms with Gasteiger partial charge >= 0.3 is 12.0 Å². The predicted molar refractivity (Wildman–Crippen MR) is 81.6 cm³/mol. The zero-order valence-electron chi connectivity index (χ0n) is 10.3. The van der Waals surface area contributed by atoms with Crippen molar-refractivity contribution in [2.45, 2.75) is 12.5 Å². The molecule has 3 amide bonds. The summed E-state index contributed by atoms with van der Waals surface area (Å²) in [5.74, 6) is -2.25. The van der Waals surface area contributed by atoms with E-state index in [0.29, 0.717) is 4.47 Å². The zero-order valence-corrected chi connectivity index (χ0v) is 13.4. The lowest BCUT2D eigenvalue weighted by molar-refractivity contribution is -0.140. The number of nitrogens with one attached hydrogen (secondary N) is 2. The molecule has 0 saturated carbocycles. The highest BCUT2D eigenvalue weighted by atomic mass is 79.9. The number of benzene rings is 1. The number of urea groups is 1. The van der Waals surface area contributed by atoms with Gasteiger partial charge in [0.15, 0.2) is 0 Å². The second-order valence-corrected chi connectivity index (χ2v) is 5.63. The fraction of sp³-hybridized carbons (Fsp3) is 0.182. The molecule has 1 atom stereocenters. The number of carbonyl (C=O) groups is 3. The number of carboxylic acids is 1. The van der Waals surface area contributed by atoms with Gasteiger partial charge in [-0.1, -0.05) is 39.1 Å². The lowest BCUT2D eigenvalue weighted by Crippen LogP contribution is -2.45. The van der Waals surface area contributed by atoms with E-state index in [2.05, 4.69) is 26.6 Å². The van der Waals surface area contributed by atoms with Crippen molar-refractivity contribution in [2.75, 3.05) is 5.32 Å². The molecule has 0 saturated heterocycles. The van der Waals surface area contributed by atoms with E-state index in [-0.39, 0.29) is 15.7 Å². The largest absolute Gasteiger partial charge is 0.480 e. The Kier molecular flexibility index (Phi) is 6.25. The number of hydrogen-bond donors (Lipinski definition) is 4. The molecule has 5 N–H and O–H groups in total. The number of anilines is 1. The molecule has 0 radical (unpaired) electrons. The average molecular weight is 399 g/mol. The first-order valence-corrected chi connectivity index (χ1v) is 6.98. The second kappa shape index (κ2) is 7.48. The van der Waals surface area contributed by atoms with E-state index in [9.17, 15) is 14.4 Å². The van der Waals surface area contributed by atoms with Crippen LogP contribution in [-0.4, -0.2) is 29.1 Å². The Morgan fingerprint density at radius 3 is 2.24 bits per heavy atom. The van der Waals surface area contributed by atoms with Crippen LogP contribution in [-0.2, 0) is 9.59 Å². The van der Waals surface area contributed by atoms with Crippen molar-refractivity contribution in [2.24, 2.45) is 5.73 Å². The molecule has 21 heavy (non-hydrogen) atoms. The van der Waals surface area contributed by atoms with Gasteiger partial charge in [-0.05, 0) is 12.1 Å². The van der Waals surface area contributed by atoms with E-state index in [4.69, 9.17) is 34.0 Å². The standard InChI is InChI=1S/C11H10BrCl2N3O4/c12-4-1-5(13)9(6(14)2-4)17-11(21)16-7(10(19)20)3-8(15)18/h1-2,7H,3H2,(H2,15,18)(H,19,20)(H2,16,17,21)/t7-/m1/s1. The molecule has 1 rings (SSSR count). The van der Waals surface area contributed by atoms with Crippen molar-refractivity contribution < 1.29 is 19.5 Å². The molecule has 0 aliphatic carbocycles. The molecule has 0 aliphatic heterocycles. The summed E-state index contributed by atoms with van der Waals surface area (Å²) in [4.78, 5) is 33.4. The number of halogens is 3. The van der Waals surface area contributed by atoms with Gasteiger partial charge in [-0.2, -0.15) is 0 Å². The summed E-state index contributed by atoms with van der Waals surface area (Å²) >= 11 is 15.0. The van der Waals surface area contributed by atoms with Crippen LogP contribution in [0.3, 0.4) is 0 Å². The summed E-state index contributed by atoms with van der Waals surface area (Å²) in [6, 6.07) is 0.674. The van der Waals surface area contributed by atoms with Gasteiger partial charge in [0, 0.05) is 4.47 Å². The Balaban J connectivity index is 2.82. The third-order valence-electron chi connectivity index (χ3n) is 2.25. The molecule has 10 heteroatoms. The van der Waals surface area contributed by atoms with Crippen LogP contribution in [0.25, 0.3) is 0 Å². The van der Waals surface area contributed by atoms with Gasteiger partial charge in [0.2, 0.25) is 5.91 Å². The van der Waals surface area contributed by atoms with Gasteiger partial charge in [0.1, 0.15) is 6.04 Å². The molecular weight excluding hydrogens is 389 g/mol. The fourth-order valence-electron chi connectivity index (χ4n) is 1.37. The Labute approximate surface area is 137 Å². The number of carbonyl (C=O) groups excluding carboxylic acids is 2. The Morgan fingerprint density at radius 1 is 1.29 bits per heavy atom. The van der Waals surface area contributed by atoms with Gasteiger partial charge < -0.3 is 21.5 Å². The molecule has 114 valence electrons. The maximum absolute atomic E-state index is 11.7. The van der Waals surface area contributed by atoms with Crippen LogP contribution in [0.2, 0.25) is 10.0 Å². The van der Waals surface area contributed by atoms with Crippen LogP contribution in [0, 0.1) is 0 Å². The number of primary amides is 1. The minimum Gasteiger partial charge on any atom is -0.480 e. The minimum absolute atomic E-state index is 0.113. The summed E-state index contributed by atoms with van der Waals surface area (Å²) in [7, 11) is 0. The van der Waals surface area contributed by atoms with Gasteiger partial charge in [0.05, 0.1) is 22.2 Å². The number of carboxylic acid groups (broad SMARTS) is 1. The molecule has 0 heterocycles. The van der Waals surface area contributed by atoms with E-state index in [1.807, 2.05) is 0 Å². The van der Waals surface area contributed by atoms with Crippen molar-refractivity contribution >= 4 is 62.7 Å². The maximum Gasteiger partial charge on any atom is 0.326 e. The van der Waals surface area contributed by atoms with Crippen LogP contribution in [0.1, 0.15) is 6.42 Å². The summed E-state index contributed by atoms with van der Waals surface area (Å²) in [5.41, 5.74) is 5.02. The number of amides is 3. The van der Waals surface area contributed by atoms with Crippen molar-refractivity contribution in [3.63, 3.8) is 0 Å². The van der Waals surface area contributed by atoms with Crippen molar-refractivity contribution in [3.05, 3.63) is 26.7 Å². The number of hydrogen-bond acceptors (Lipinski definition) is 3. The quantitative estimate of drug-likeness (QED) is 0.607. The van der Waals surface area contributed by atoms with Crippen LogP contribution >= 0.6 is 39.1 Å². The summed E-state index contributed by atoms with van der Waals surface area (Å²) in [6.07, 6.45) is -0.537. The van der Waals surface area contributed by atoms with E-state index in [1.165, 1.54) is 12.1 Å². The molecule has 0 unspecified atom stereocenters. The summed E-state index contributed by atoms with van der Waals surface area (Å²) in [5, 5.41) is 13.6. The first-order valence-electron chi connectivity index (χ1n) is 5.44. The molecule has 0 spiro atoms. The van der Waals surface area contributed by atoms with Crippen LogP contribution in [0.4, 0.5) is 10.5 Å². The normalized spacial score (nSPS) is 11.6. The van der Waals surface area contributed by atoms with E-state index in [1.54, 1.807) is 0 Å². The molecule has 1 aromatic carbocycles. The molecule has 0 aromatic heterocycles. The molecule has 0 aliphatic rings. The monoisotopic (exact) mass is 397 g/mol. The van der Waals surface area contributed by atoms with E-state index in [0.717, 1.165) is 0 Å². The Morgan fingerprint density at radius 2 is 1.81 bits per heavy atom. The highest BCUT2D eigenvalue weighted by Gasteiger charge is 2.22. The smallest absolute Gasteiger partial charge is 0.326 e. The van der Waals surface area contributed by atoms with Crippen LogP contribution < -0.4 is 16.4 Å². The van der Waals surface area contributed by atoms with Crippen LogP contribution in [0.5, 0.6) is 0 Å². The minimum atomic E-state index is -1.45. The predicted octanol–water partition coefficient (Wildman–Crippen LogP) is 2.21. The third kappa shape index (κ3) is 5.41. The highest BCUT2D eigenvalue weighted by molar-refractivity contribution is 9.10.